The van der Waals surface area contributed by atoms with Crippen LogP contribution in [0.1, 0.15) is 141 Å². The summed E-state index contributed by atoms with van der Waals surface area (Å²) in [6.45, 7) is 17.6. The zero-order valence-electron chi connectivity index (χ0n) is 36.4. The first kappa shape index (κ1) is 45.7. The molecule has 9 heteroatoms. The number of aliphatic hydroxyl groups is 1. The van der Waals surface area contributed by atoms with Crippen LogP contribution in [0.2, 0.25) is 0 Å². The lowest BCUT2D eigenvalue weighted by atomic mass is 9.95. The molecular weight excluding hydrogens is 729 g/mol. The SMILES string of the molecule is CC(C)=CCc1c(OCCCCCCCCN2CCCCC2)cc2oc3cc(OCCCCCCCCN4CCOCC4)c(CO)c(CC=C(C)C)c3c(=O)c2c1O. The first-order valence-corrected chi connectivity index (χ1v) is 22.7. The van der Waals surface area contributed by atoms with Gasteiger partial charge in [0, 0.05) is 36.3 Å². The zero-order valence-corrected chi connectivity index (χ0v) is 36.4. The molecule has 0 saturated carbocycles. The fourth-order valence-electron chi connectivity index (χ4n) is 8.39. The molecule has 0 spiro atoms. The number of phenolic OH excluding ortho intramolecular Hbond substituents is 1. The standard InChI is InChI=1S/C49H74N2O7/c1-37(2)20-22-39-41(36-52)43(57-31-19-12-8-6-10-15-27-51-28-32-55-33-29-51)35-44-46(39)49(54)47-45(58-44)34-42(40(48(47)53)23-21-38(3)4)56-30-18-11-7-5-9-14-24-50-25-16-13-17-26-50/h20-21,34-35,52-53H,5-19,22-33,36H2,1-4H3. The zero-order chi connectivity index (χ0) is 41.1. The molecule has 0 amide bonds. The van der Waals surface area contributed by atoms with E-state index in [9.17, 15) is 15.0 Å². The molecule has 2 saturated heterocycles. The maximum Gasteiger partial charge on any atom is 0.204 e. The highest BCUT2D eigenvalue weighted by Crippen LogP contribution is 2.39. The fourth-order valence-corrected chi connectivity index (χ4v) is 8.39. The molecular formula is C49H74N2O7. The van der Waals surface area contributed by atoms with E-state index in [4.69, 9.17) is 18.6 Å². The first-order valence-electron chi connectivity index (χ1n) is 22.7. The Hall–Kier alpha value is -3.37. The van der Waals surface area contributed by atoms with Crippen molar-refractivity contribution in [1.82, 2.24) is 9.80 Å². The number of aliphatic hydroxyl groups excluding tert-OH is 1. The van der Waals surface area contributed by atoms with Crippen molar-refractivity contribution in [2.75, 3.05) is 65.7 Å². The number of nitrogens with zero attached hydrogens (tertiary/aromatic N) is 2. The second kappa shape index (κ2) is 24.6. The normalized spacial score (nSPS) is 15.3. The molecule has 3 heterocycles. The van der Waals surface area contributed by atoms with Crippen LogP contribution in [0.5, 0.6) is 17.2 Å². The van der Waals surface area contributed by atoms with Crippen molar-refractivity contribution < 1.29 is 28.8 Å². The molecule has 0 unspecified atom stereocenters. The van der Waals surface area contributed by atoms with E-state index in [-0.39, 0.29) is 28.8 Å². The highest BCUT2D eigenvalue weighted by atomic mass is 16.5. The van der Waals surface area contributed by atoms with Crippen LogP contribution in [0.25, 0.3) is 21.9 Å². The lowest BCUT2D eigenvalue weighted by molar-refractivity contribution is 0.0371. The number of unbranched alkanes of at least 4 members (excludes halogenated alkanes) is 10. The molecule has 2 fully saturated rings. The van der Waals surface area contributed by atoms with Gasteiger partial charge in [0.2, 0.25) is 5.43 Å². The molecule has 0 aliphatic carbocycles. The number of phenols is 1. The smallest absolute Gasteiger partial charge is 0.204 e. The number of morpholine rings is 1. The van der Waals surface area contributed by atoms with Gasteiger partial charge in [-0.15, -0.1) is 0 Å². The molecule has 3 aromatic rings. The van der Waals surface area contributed by atoms with Gasteiger partial charge in [-0.25, -0.2) is 0 Å². The van der Waals surface area contributed by atoms with E-state index >= 15 is 0 Å². The van der Waals surface area contributed by atoms with E-state index in [1.165, 1.54) is 83.8 Å². The quantitative estimate of drug-likeness (QED) is 0.0492. The average molecular weight is 803 g/mol. The highest BCUT2D eigenvalue weighted by molar-refractivity contribution is 5.97. The van der Waals surface area contributed by atoms with E-state index in [1.54, 1.807) is 12.1 Å². The molecule has 2 N–H and O–H groups in total. The summed E-state index contributed by atoms with van der Waals surface area (Å²) in [5.74, 6) is 0.975. The van der Waals surface area contributed by atoms with Gasteiger partial charge in [-0.2, -0.15) is 0 Å². The van der Waals surface area contributed by atoms with Gasteiger partial charge in [0.25, 0.3) is 0 Å². The first-order chi connectivity index (χ1) is 28.3. The molecule has 2 aliphatic rings. The molecule has 2 aromatic carbocycles. The van der Waals surface area contributed by atoms with Crippen LogP contribution in [0, 0.1) is 0 Å². The van der Waals surface area contributed by atoms with Crippen molar-refractivity contribution in [3.8, 4) is 17.2 Å². The van der Waals surface area contributed by atoms with Crippen molar-refractivity contribution in [1.29, 1.82) is 0 Å². The number of ether oxygens (including phenoxy) is 3. The van der Waals surface area contributed by atoms with Gasteiger partial charge in [-0.05, 0) is 111 Å². The van der Waals surface area contributed by atoms with Crippen LogP contribution in [-0.4, -0.2) is 85.7 Å². The summed E-state index contributed by atoms with van der Waals surface area (Å²) >= 11 is 0. The molecule has 5 rings (SSSR count). The van der Waals surface area contributed by atoms with Crippen LogP contribution in [-0.2, 0) is 24.2 Å². The number of allylic oxidation sites excluding steroid dienone is 4. The minimum atomic E-state index is -0.314. The Morgan fingerprint density at radius 3 is 1.67 bits per heavy atom. The third-order valence-corrected chi connectivity index (χ3v) is 11.9. The van der Waals surface area contributed by atoms with Crippen molar-refractivity contribution in [2.24, 2.45) is 0 Å². The summed E-state index contributed by atoms with van der Waals surface area (Å²) in [6, 6.07) is 3.53. The maximum absolute atomic E-state index is 14.5. The van der Waals surface area contributed by atoms with E-state index in [0.29, 0.717) is 65.2 Å². The van der Waals surface area contributed by atoms with Crippen LogP contribution in [0.4, 0.5) is 0 Å². The summed E-state index contributed by atoms with van der Waals surface area (Å²) in [5.41, 5.74) is 4.40. The predicted molar refractivity (Wildman–Crippen MR) is 238 cm³/mol. The number of fused-ring (bicyclic) bond motifs is 2. The van der Waals surface area contributed by atoms with E-state index in [0.717, 1.165) is 76.1 Å². The van der Waals surface area contributed by atoms with Gasteiger partial charge in [0.1, 0.15) is 33.8 Å². The Balaban J connectivity index is 1.28. The largest absolute Gasteiger partial charge is 0.507 e. The van der Waals surface area contributed by atoms with Gasteiger partial charge in [0.05, 0.1) is 38.4 Å². The molecule has 58 heavy (non-hydrogen) atoms. The number of rotatable bonds is 25. The van der Waals surface area contributed by atoms with Gasteiger partial charge < -0.3 is 33.7 Å². The molecule has 1 aromatic heterocycles. The van der Waals surface area contributed by atoms with Gasteiger partial charge >= 0.3 is 0 Å². The van der Waals surface area contributed by atoms with Crippen molar-refractivity contribution >= 4 is 21.9 Å². The van der Waals surface area contributed by atoms with Crippen LogP contribution < -0.4 is 14.9 Å². The van der Waals surface area contributed by atoms with E-state index in [1.807, 2.05) is 39.8 Å². The number of likely N-dealkylation sites (tertiary alicyclic amines) is 1. The van der Waals surface area contributed by atoms with Gasteiger partial charge in [-0.1, -0.05) is 81.1 Å². The number of aromatic hydroxyl groups is 1. The second-order valence-corrected chi connectivity index (χ2v) is 17.1. The van der Waals surface area contributed by atoms with Crippen molar-refractivity contribution in [3.05, 3.63) is 62.3 Å². The van der Waals surface area contributed by atoms with Crippen LogP contribution in [0.15, 0.2) is 44.6 Å². The average Bonchev–Trinajstić information content (AvgIpc) is 3.21. The minimum Gasteiger partial charge on any atom is -0.507 e. The molecule has 322 valence electrons. The summed E-state index contributed by atoms with van der Waals surface area (Å²) in [7, 11) is 0. The fraction of sp³-hybridized carbons (Fsp3) is 0.653. The minimum absolute atomic E-state index is 0.102. The third-order valence-electron chi connectivity index (χ3n) is 11.9. The topological polar surface area (TPSA) is 105 Å². The molecule has 0 bridgehead atoms. The van der Waals surface area contributed by atoms with E-state index < -0.39 is 0 Å². The molecule has 0 atom stereocenters. The summed E-state index contributed by atoms with van der Waals surface area (Å²) < 4.78 is 24.7. The second-order valence-electron chi connectivity index (χ2n) is 17.1. The summed E-state index contributed by atoms with van der Waals surface area (Å²) in [5, 5.41) is 23.0. The lowest BCUT2D eigenvalue weighted by Gasteiger charge is -2.26. The third kappa shape index (κ3) is 13.9. The number of piperidine rings is 1. The van der Waals surface area contributed by atoms with Crippen molar-refractivity contribution in [2.45, 2.75) is 143 Å². The monoisotopic (exact) mass is 803 g/mol. The Bertz CT molecular complexity index is 1830. The Morgan fingerprint density at radius 1 is 0.638 bits per heavy atom. The summed E-state index contributed by atoms with van der Waals surface area (Å²) in [6.07, 6.45) is 22.8. The highest BCUT2D eigenvalue weighted by Gasteiger charge is 2.24. The lowest BCUT2D eigenvalue weighted by Crippen LogP contribution is -2.36. The number of hydrogen-bond acceptors (Lipinski definition) is 9. The van der Waals surface area contributed by atoms with Gasteiger partial charge in [0.15, 0.2) is 0 Å². The summed E-state index contributed by atoms with van der Waals surface area (Å²) in [4.78, 5) is 19.6. The van der Waals surface area contributed by atoms with Crippen LogP contribution in [0.3, 0.4) is 0 Å². The predicted octanol–water partition coefficient (Wildman–Crippen LogP) is 10.4. The Kier molecular flexibility index (Phi) is 19.4. The van der Waals surface area contributed by atoms with Crippen molar-refractivity contribution in [3.63, 3.8) is 0 Å². The van der Waals surface area contributed by atoms with E-state index in [2.05, 4.69) is 9.80 Å². The number of hydrogen-bond donors (Lipinski definition) is 2. The number of benzene rings is 2. The maximum atomic E-state index is 14.5. The Morgan fingerprint density at radius 2 is 1.12 bits per heavy atom. The van der Waals surface area contributed by atoms with Gasteiger partial charge in [-0.3, -0.25) is 9.69 Å². The molecule has 9 nitrogen and oxygen atoms in total. The molecule has 0 radical (unpaired) electrons. The molecule has 2 aliphatic heterocycles. The van der Waals surface area contributed by atoms with Crippen LogP contribution >= 0.6 is 0 Å². The Labute approximate surface area is 348 Å².